The number of fused-ring (bicyclic) bond motifs is 5. The molecule has 0 spiro atoms. The second kappa shape index (κ2) is 9.77. The minimum absolute atomic E-state index is 0.0438. The van der Waals surface area contributed by atoms with E-state index in [-0.39, 0.29) is 17.7 Å². The van der Waals surface area contributed by atoms with Crippen molar-refractivity contribution < 1.29 is 50.6 Å². The smallest absolute Gasteiger partial charge is 0.444 e. The summed E-state index contributed by atoms with van der Waals surface area (Å²) in [5.74, 6) is -7.42. The van der Waals surface area contributed by atoms with Gasteiger partial charge in [-0.05, 0) is 62.0 Å². The van der Waals surface area contributed by atoms with E-state index in [9.17, 15) is 32.7 Å². The van der Waals surface area contributed by atoms with Gasteiger partial charge in [-0.3, -0.25) is 9.59 Å². The zero-order chi connectivity index (χ0) is 31.0. The number of esters is 1. The van der Waals surface area contributed by atoms with Gasteiger partial charge in [-0.2, -0.15) is 18.4 Å². The van der Waals surface area contributed by atoms with Gasteiger partial charge >= 0.3 is 12.1 Å². The van der Waals surface area contributed by atoms with Crippen LogP contribution in [0.25, 0.3) is 0 Å². The lowest BCUT2D eigenvalue weighted by Crippen LogP contribution is -2.70. The molecule has 0 aliphatic heterocycles. The summed E-state index contributed by atoms with van der Waals surface area (Å²) < 4.78 is 83.1. The van der Waals surface area contributed by atoms with Crippen LogP contribution in [0.15, 0.2) is 40.4 Å². The van der Waals surface area contributed by atoms with Crippen LogP contribution in [0, 0.1) is 39.9 Å². The maximum atomic E-state index is 17.5. The number of ether oxygens (including phenoxy) is 1. The number of carbonyl (C=O) groups excluding carboxylic acids is 3. The summed E-state index contributed by atoms with van der Waals surface area (Å²) in [4.78, 5) is 39.2. The van der Waals surface area contributed by atoms with E-state index in [1.807, 2.05) is 0 Å². The summed E-state index contributed by atoms with van der Waals surface area (Å²) >= 11 is 0.530. The summed E-state index contributed by atoms with van der Waals surface area (Å²) in [7, 11) is 0. The van der Waals surface area contributed by atoms with Gasteiger partial charge in [0.05, 0.1) is 17.9 Å². The van der Waals surface area contributed by atoms with Gasteiger partial charge in [-0.25, -0.2) is 13.6 Å². The molecule has 9 atom stereocenters. The Labute approximate surface area is 242 Å². The number of alkyl halides is 5. The quantitative estimate of drug-likeness (QED) is 0.348. The molecule has 0 radical (unpaired) electrons. The molecule has 3 fully saturated rings. The van der Waals surface area contributed by atoms with Crippen LogP contribution in [0.2, 0.25) is 0 Å². The number of nitriles is 1. The molecule has 1 aromatic rings. The highest BCUT2D eigenvalue weighted by atomic mass is 32.2. The van der Waals surface area contributed by atoms with Crippen LogP contribution in [0.5, 0.6) is 0 Å². The summed E-state index contributed by atoms with van der Waals surface area (Å²) in [6.45, 7) is 4.49. The standard InChI is InChI=1S/C29H28F5NO6S/c1-14-10-16-17-12-19(30)18-11-15(36)6-7-25(18,2)27(17,31)21(37)13-26(16,3)28(14,24(39)42-9-8-35)41-23(38)20-4-5-22(40-20)29(32,33)34/h4-7,11,14,16-17,19,21,37H,9-10,12-13H2,1-3H3/t14-,16+,17+,19+,21+,25+,26+,27+,28-/m1/s1. The van der Waals surface area contributed by atoms with Gasteiger partial charge in [-0.15, -0.1) is 0 Å². The maximum absolute atomic E-state index is 17.5. The van der Waals surface area contributed by atoms with Crippen molar-refractivity contribution in [2.24, 2.45) is 28.6 Å². The highest BCUT2D eigenvalue weighted by molar-refractivity contribution is 8.14. The van der Waals surface area contributed by atoms with Crippen molar-refractivity contribution in [1.82, 2.24) is 0 Å². The number of hydrogen-bond donors (Lipinski definition) is 1. The molecule has 4 aliphatic rings. The minimum Gasteiger partial charge on any atom is -0.444 e. The SMILES string of the molecule is C[C@@H]1C[C@H]2[C@@H]3C[C@H](F)C4=CC(=O)C=C[C@]4(C)[C@@]3(F)[C@@H](O)C[C@]2(C)[C@]1(OC(=O)c1ccc(C(F)(F)F)o1)C(=O)SCC#N. The van der Waals surface area contributed by atoms with E-state index in [2.05, 4.69) is 4.42 Å². The molecule has 7 nitrogen and oxygen atoms in total. The molecule has 1 aromatic heterocycles. The molecule has 1 heterocycles. The van der Waals surface area contributed by atoms with Gasteiger partial charge in [0.25, 0.3) is 0 Å². The number of thioether (sulfide) groups is 1. The molecule has 3 saturated carbocycles. The summed E-state index contributed by atoms with van der Waals surface area (Å²) in [6.07, 6.45) is -5.82. The largest absolute Gasteiger partial charge is 0.449 e. The average molecular weight is 614 g/mol. The number of aliphatic hydroxyl groups is 1. The highest BCUT2D eigenvalue weighted by Gasteiger charge is 2.78. The maximum Gasteiger partial charge on any atom is 0.449 e. The predicted molar refractivity (Wildman–Crippen MR) is 138 cm³/mol. The zero-order valence-corrected chi connectivity index (χ0v) is 23.7. The van der Waals surface area contributed by atoms with Crippen LogP contribution in [-0.2, 0) is 20.5 Å². The Morgan fingerprint density at radius 1 is 1.24 bits per heavy atom. The molecule has 0 unspecified atom stereocenters. The monoisotopic (exact) mass is 613 g/mol. The van der Waals surface area contributed by atoms with Crippen molar-refractivity contribution in [3.63, 3.8) is 0 Å². The number of ketones is 1. The first-order valence-electron chi connectivity index (χ1n) is 13.4. The number of nitrogens with zero attached hydrogens (tertiary/aromatic N) is 1. The zero-order valence-electron chi connectivity index (χ0n) is 22.8. The summed E-state index contributed by atoms with van der Waals surface area (Å²) in [5.41, 5.74) is -7.89. The number of aliphatic hydroxyl groups excluding tert-OH is 1. The van der Waals surface area contributed by atoms with Gasteiger partial charge < -0.3 is 14.3 Å². The van der Waals surface area contributed by atoms with Crippen molar-refractivity contribution in [2.75, 3.05) is 5.75 Å². The first kappa shape index (κ1) is 30.5. The van der Waals surface area contributed by atoms with E-state index in [1.165, 1.54) is 19.9 Å². The molecule has 5 rings (SSSR count). The number of carbonyl (C=O) groups is 3. The Balaban J connectivity index is 1.61. The number of halogens is 5. The molecule has 42 heavy (non-hydrogen) atoms. The number of furan rings is 1. The van der Waals surface area contributed by atoms with Crippen molar-refractivity contribution >= 4 is 28.6 Å². The lowest BCUT2D eigenvalue weighted by molar-refractivity contribution is -0.221. The number of allylic oxidation sites excluding steroid dienone is 4. The Bertz CT molecular complexity index is 1450. The third kappa shape index (κ3) is 3.97. The normalized spacial score (nSPS) is 40.8. The molecule has 0 amide bonds. The van der Waals surface area contributed by atoms with E-state index in [4.69, 9.17) is 10.00 Å². The summed E-state index contributed by atoms with van der Waals surface area (Å²) in [6, 6.07) is 3.10. The predicted octanol–water partition coefficient (Wildman–Crippen LogP) is 5.54. The van der Waals surface area contributed by atoms with Gasteiger partial charge in [0.2, 0.25) is 16.6 Å². The van der Waals surface area contributed by atoms with Crippen molar-refractivity contribution in [3.05, 3.63) is 47.5 Å². The Hall–Kier alpha value is -2.98. The molecule has 13 heteroatoms. The summed E-state index contributed by atoms with van der Waals surface area (Å²) in [5, 5.41) is 19.9. The van der Waals surface area contributed by atoms with E-state index in [1.54, 1.807) is 13.0 Å². The van der Waals surface area contributed by atoms with Crippen LogP contribution >= 0.6 is 11.8 Å². The van der Waals surface area contributed by atoms with Crippen LogP contribution in [0.3, 0.4) is 0 Å². The van der Waals surface area contributed by atoms with Crippen LogP contribution in [-0.4, -0.2) is 51.3 Å². The molecule has 4 aliphatic carbocycles. The molecule has 0 bridgehead atoms. The Morgan fingerprint density at radius 2 is 1.93 bits per heavy atom. The third-order valence-electron chi connectivity index (χ3n) is 10.1. The van der Waals surface area contributed by atoms with Gasteiger partial charge in [-0.1, -0.05) is 31.7 Å². The first-order valence-corrected chi connectivity index (χ1v) is 14.4. The molecular weight excluding hydrogens is 585 g/mol. The molecule has 0 saturated heterocycles. The Kier molecular flexibility index (Phi) is 7.09. The molecule has 0 aromatic carbocycles. The van der Waals surface area contributed by atoms with Crippen LogP contribution in [0.4, 0.5) is 22.0 Å². The van der Waals surface area contributed by atoms with Gasteiger partial charge in [0, 0.05) is 22.7 Å². The lowest BCUT2D eigenvalue weighted by atomic mass is 9.44. The first-order chi connectivity index (χ1) is 19.5. The lowest BCUT2D eigenvalue weighted by Gasteiger charge is -2.63. The average Bonchev–Trinajstić information content (AvgIpc) is 3.49. The van der Waals surface area contributed by atoms with Crippen LogP contribution < -0.4 is 0 Å². The fourth-order valence-electron chi connectivity index (χ4n) is 8.22. The molecular formula is C29H28F5NO6S. The fourth-order valence-corrected chi connectivity index (χ4v) is 9.11. The minimum atomic E-state index is -4.89. The van der Waals surface area contributed by atoms with E-state index in [0.29, 0.717) is 17.8 Å². The van der Waals surface area contributed by atoms with Crippen molar-refractivity contribution in [3.8, 4) is 6.07 Å². The van der Waals surface area contributed by atoms with E-state index in [0.717, 1.165) is 18.2 Å². The second-order valence-corrected chi connectivity index (χ2v) is 13.0. The van der Waals surface area contributed by atoms with Gasteiger partial charge in [0.1, 0.15) is 6.17 Å². The van der Waals surface area contributed by atoms with Crippen LogP contribution in [0.1, 0.15) is 56.3 Å². The number of hydrogen-bond acceptors (Lipinski definition) is 8. The highest BCUT2D eigenvalue weighted by Crippen LogP contribution is 2.72. The van der Waals surface area contributed by atoms with Crippen molar-refractivity contribution in [1.29, 1.82) is 5.26 Å². The third-order valence-corrected chi connectivity index (χ3v) is 10.9. The van der Waals surface area contributed by atoms with E-state index < -0.39 is 99.5 Å². The molecule has 226 valence electrons. The number of rotatable bonds is 4. The Morgan fingerprint density at radius 3 is 2.55 bits per heavy atom. The fraction of sp³-hybridized carbons (Fsp3) is 0.586. The van der Waals surface area contributed by atoms with E-state index >= 15 is 8.78 Å². The molecule has 1 N–H and O–H groups in total. The van der Waals surface area contributed by atoms with Gasteiger partial charge in [0.15, 0.2) is 17.1 Å². The topological polar surface area (TPSA) is 118 Å². The van der Waals surface area contributed by atoms with Crippen molar-refractivity contribution in [2.45, 2.75) is 69.8 Å². The second-order valence-electron chi connectivity index (χ2n) is 12.0.